The van der Waals surface area contributed by atoms with Gasteiger partial charge in [-0.2, -0.15) is 0 Å². The van der Waals surface area contributed by atoms with Gasteiger partial charge in [0.2, 0.25) is 0 Å². The molecule has 0 aliphatic heterocycles. The van der Waals surface area contributed by atoms with Crippen molar-refractivity contribution in [2.75, 3.05) is 18.1 Å². The molecule has 0 atom stereocenters. The second kappa shape index (κ2) is 4.72. The van der Waals surface area contributed by atoms with E-state index in [4.69, 9.17) is 5.73 Å². The Morgan fingerprint density at radius 3 is 2.27 bits per heavy atom. The van der Waals surface area contributed by atoms with Crippen LogP contribution in [0, 0.1) is 5.92 Å². The summed E-state index contributed by atoms with van der Waals surface area (Å²) in [5, 5.41) is 0. The Bertz CT molecular complexity index is 185. The summed E-state index contributed by atoms with van der Waals surface area (Å²) >= 11 is 0. The Morgan fingerprint density at radius 2 is 1.91 bits per heavy atom. The minimum absolute atomic E-state index is 0.220. The first kappa shape index (κ1) is 10.9. The molecule has 0 unspecified atom stereocenters. The zero-order valence-electron chi connectivity index (χ0n) is 7.21. The molecule has 0 radical (unpaired) electrons. The van der Waals surface area contributed by atoms with Gasteiger partial charge in [-0.25, -0.2) is 8.42 Å². The molecule has 0 aromatic heterocycles. The highest BCUT2D eigenvalue weighted by Gasteiger charge is 2.11. The topological polar surface area (TPSA) is 60.2 Å². The van der Waals surface area contributed by atoms with Crippen LogP contribution in [0.3, 0.4) is 0 Å². The van der Waals surface area contributed by atoms with Gasteiger partial charge in [0.05, 0.1) is 11.5 Å². The average molecular weight is 179 g/mol. The molecule has 0 aromatic carbocycles. The molecular formula is C7H17NO2S. The normalized spacial score (nSPS) is 12.4. The Balaban J connectivity index is 3.82. The molecule has 3 nitrogen and oxygen atoms in total. The molecule has 0 spiro atoms. The SMILES string of the molecule is CC(C)CS(=O)(=O)CCCN. The molecule has 0 aliphatic rings. The zero-order valence-corrected chi connectivity index (χ0v) is 8.02. The van der Waals surface area contributed by atoms with E-state index in [1.165, 1.54) is 0 Å². The first-order valence-corrected chi connectivity index (χ1v) is 5.70. The summed E-state index contributed by atoms with van der Waals surface area (Å²) in [5.41, 5.74) is 5.20. The van der Waals surface area contributed by atoms with Crippen molar-refractivity contribution in [3.63, 3.8) is 0 Å². The van der Waals surface area contributed by atoms with E-state index in [0.717, 1.165) is 0 Å². The summed E-state index contributed by atoms with van der Waals surface area (Å²) in [7, 11) is -2.82. The highest BCUT2D eigenvalue weighted by atomic mass is 32.2. The van der Waals surface area contributed by atoms with Crippen LogP contribution in [0.5, 0.6) is 0 Å². The van der Waals surface area contributed by atoms with E-state index in [1.807, 2.05) is 13.8 Å². The van der Waals surface area contributed by atoms with E-state index in [-0.39, 0.29) is 17.4 Å². The second-order valence-corrected chi connectivity index (χ2v) is 5.38. The molecular weight excluding hydrogens is 162 g/mol. The second-order valence-electron chi connectivity index (χ2n) is 3.15. The third-order valence-electron chi connectivity index (χ3n) is 1.25. The van der Waals surface area contributed by atoms with Crippen molar-refractivity contribution in [1.82, 2.24) is 0 Å². The van der Waals surface area contributed by atoms with Crippen LogP contribution in [-0.2, 0) is 9.84 Å². The summed E-state index contributed by atoms with van der Waals surface area (Å²) in [6.45, 7) is 4.26. The summed E-state index contributed by atoms with van der Waals surface area (Å²) in [4.78, 5) is 0. The van der Waals surface area contributed by atoms with Gasteiger partial charge in [0.1, 0.15) is 0 Å². The van der Waals surface area contributed by atoms with Crippen LogP contribution >= 0.6 is 0 Å². The molecule has 4 heteroatoms. The molecule has 0 rings (SSSR count). The predicted octanol–water partition coefficient (Wildman–Crippen LogP) is 0.406. The van der Waals surface area contributed by atoms with Gasteiger partial charge in [-0.1, -0.05) is 13.8 Å². The molecule has 0 fully saturated rings. The molecule has 0 bridgehead atoms. The third-order valence-corrected chi connectivity index (χ3v) is 3.33. The van der Waals surface area contributed by atoms with Crippen LogP contribution < -0.4 is 5.73 Å². The van der Waals surface area contributed by atoms with E-state index in [1.54, 1.807) is 0 Å². The van der Waals surface area contributed by atoms with Gasteiger partial charge in [0, 0.05) is 0 Å². The van der Waals surface area contributed by atoms with Gasteiger partial charge in [-0.05, 0) is 18.9 Å². The van der Waals surface area contributed by atoms with E-state index < -0.39 is 9.84 Å². The van der Waals surface area contributed by atoms with Crippen LogP contribution in [0.1, 0.15) is 20.3 Å². The van der Waals surface area contributed by atoms with Gasteiger partial charge in [0.25, 0.3) is 0 Å². The smallest absolute Gasteiger partial charge is 0.150 e. The minimum Gasteiger partial charge on any atom is -0.330 e. The number of sulfone groups is 1. The summed E-state index contributed by atoms with van der Waals surface area (Å²) < 4.78 is 22.3. The fourth-order valence-electron chi connectivity index (χ4n) is 0.894. The van der Waals surface area contributed by atoms with Crippen molar-refractivity contribution >= 4 is 9.84 Å². The number of rotatable bonds is 5. The molecule has 0 heterocycles. The summed E-state index contributed by atoms with van der Waals surface area (Å²) in [5.74, 6) is 0.743. The van der Waals surface area contributed by atoms with Crippen molar-refractivity contribution in [2.24, 2.45) is 11.7 Å². The van der Waals surface area contributed by atoms with Crippen molar-refractivity contribution in [3.05, 3.63) is 0 Å². The molecule has 11 heavy (non-hydrogen) atoms. The summed E-state index contributed by atoms with van der Waals surface area (Å²) in [6.07, 6.45) is 0.578. The van der Waals surface area contributed by atoms with Gasteiger partial charge >= 0.3 is 0 Å². The van der Waals surface area contributed by atoms with E-state index in [0.29, 0.717) is 13.0 Å². The fourth-order valence-corrected chi connectivity index (χ4v) is 2.68. The lowest BCUT2D eigenvalue weighted by Crippen LogP contribution is -2.17. The molecule has 0 aromatic rings. The van der Waals surface area contributed by atoms with Crippen molar-refractivity contribution in [2.45, 2.75) is 20.3 Å². The molecule has 68 valence electrons. The Kier molecular flexibility index (Phi) is 4.68. The molecule has 0 amide bonds. The number of hydrogen-bond donors (Lipinski definition) is 1. The largest absolute Gasteiger partial charge is 0.330 e. The van der Waals surface area contributed by atoms with Gasteiger partial charge < -0.3 is 5.73 Å². The lowest BCUT2D eigenvalue weighted by atomic mass is 10.3. The fraction of sp³-hybridized carbons (Fsp3) is 1.00. The highest BCUT2D eigenvalue weighted by molar-refractivity contribution is 7.91. The lowest BCUT2D eigenvalue weighted by molar-refractivity contribution is 0.580. The first-order chi connectivity index (χ1) is 4.98. The Hall–Kier alpha value is -0.0900. The van der Waals surface area contributed by atoms with Crippen LogP contribution in [0.2, 0.25) is 0 Å². The minimum atomic E-state index is -2.82. The predicted molar refractivity (Wildman–Crippen MR) is 47.2 cm³/mol. The highest BCUT2D eigenvalue weighted by Crippen LogP contribution is 2.01. The first-order valence-electron chi connectivity index (χ1n) is 3.88. The van der Waals surface area contributed by atoms with E-state index in [9.17, 15) is 8.42 Å². The quantitative estimate of drug-likeness (QED) is 0.665. The van der Waals surface area contributed by atoms with Crippen LogP contribution in [-0.4, -0.2) is 26.5 Å². The number of nitrogens with two attached hydrogens (primary N) is 1. The van der Waals surface area contributed by atoms with Crippen LogP contribution in [0.15, 0.2) is 0 Å². The third kappa shape index (κ3) is 6.31. The van der Waals surface area contributed by atoms with Crippen molar-refractivity contribution in [3.8, 4) is 0 Å². The van der Waals surface area contributed by atoms with Crippen molar-refractivity contribution < 1.29 is 8.42 Å². The van der Waals surface area contributed by atoms with Crippen LogP contribution in [0.25, 0.3) is 0 Å². The maximum atomic E-state index is 11.1. The zero-order chi connectivity index (χ0) is 8.91. The monoisotopic (exact) mass is 179 g/mol. The maximum absolute atomic E-state index is 11.1. The van der Waals surface area contributed by atoms with E-state index >= 15 is 0 Å². The van der Waals surface area contributed by atoms with Gasteiger partial charge in [-0.15, -0.1) is 0 Å². The standard InChI is InChI=1S/C7H17NO2S/c1-7(2)6-11(9,10)5-3-4-8/h7H,3-6,8H2,1-2H3. The average Bonchev–Trinajstić information content (AvgIpc) is 1.81. The molecule has 0 aliphatic carbocycles. The number of hydrogen-bond acceptors (Lipinski definition) is 3. The molecule has 0 saturated carbocycles. The van der Waals surface area contributed by atoms with E-state index in [2.05, 4.69) is 0 Å². The van der Waals surface area contributed by atoms with Gasteiger partial charge in [0.15, 0.2) is 9.84 Å². The molecule has 0 saturated heterocycles. The maximum Gasteiger partial charge on any atom is 0.150 e. The Labute approximate surface area is 68.9 Å². The summed E-state index contributed by atoms with van der Waals surface area (Å²) in [6, 6.07) is 0. The van der Waals surface area contributed by atoms with Gasteiger partial charge in [-0.3, -0.25) is 0 Å². The Morgan fingerprint density at radius 1 is 1.36 bits per heavy atom. The van der Waals surface area contributed by atoms with Crippen LogP contribution in [0.4, 0.5) is 0 Å². The van der Waals surface area contributed by atoms with Crippen molar-refractivity contribution in [1.29, 1.82) is 0 Å². The lowest BCUT2D eigenvalue weighted by Gasteiger charge is -2.05. The molecule has 2 N–H and O–H groups in total.